The molecule has 0 aromatic carbocycles. The molecule has 19 heavy (non-hydrogen) atoms. The van der Waals surface area contributed by atoms with Gasteiger partial charge in [-0.05, 0) is 51.0 Å². The number of hydrogen-bond acceptors (Lipinski definition) is 2. The molecule has 3 atom stereocenters. The summed E-state index contributed by atoms with van der Waals surface area (Å²) >= 11 is 0. The van der Waals surface area contributed by atoms with E-state index >= 15 is 0 Å². The lowest BCUT2D eigenvalue weighted by Crippen LogP contribution is -2.52. The Morgan fingerprint density at radius 3 is 2.79 bits per heavy atom. The average molecular weight is 265 g/mol. The van der Waals surface area contributed by atoms with Gasteiger partial charge in [0.15, 0.2) is 0 Å². The SMILES string of the molecule is CC1CCCN(C(=O)NC2CCN3CCCC3C2)C1. The van der Waals surface area contributed by atoms with Crippen LogP contribution in [0.1, 0.15) is 45.4 Å². The number of amides is 2. The second-order valence-electron chi connectivity index (χ2n) is 6.70. The van der Waals surface area contributed by atoms with Gasteiger partial charge in [-0.25, -0.2) is 4.79 Å². The number of piperidine rings is 2. The zero-order valence-corrected chi connectivity index (χ0v) is 12.1. The summed E-state index contributed by atoms with van der Waals surface area (Å²) in [6.07, 6.45) is 7.39. The molecule has 3 fully saturated rings. The standard InChI is InChI=1S/C15H27N3O/c1-12-4-2-8-18(11-12)15(19)16-13-6-9-17-7-3-5-14(17)10-13/h12-14H,2-11H2,1H3,(H,16,19). The third-order valence-electron chi connectivity index (χ3n) is 5.09. The second-order valence-corrected chi connectivity index (χ2v) is 6.70. The Labute approximate surface area is 116 Å². The first-order chi connectivity index (χ1) is 9.22. The number of carbonyl (C=O) groups is 1. The highest BCUT2D eigenvalue weighted by molar-refractivity contribution is 5.74. The Hall–Kier alpha value is -0.770. The number of nitrogens with one attached hydrogen (secondary N) is 1. The summed E-state index contributed by atoms with van der Waals surface area (Å²) in [7, 11) is 0. The van der Waals surface area contributed by atoms with E-state index in [2.05, 4.69) is 17.1 Å². The van der Waals surface area contributed by atoms with Gasteiger partial charge in [0.05, 0.1) is 0 Å². The summed E-state index contributed by atoms with van der Waals surface area (Å²) in [6, 6.07) is 1.33. The van der Waals surface area contributed by atoms with Crippen LogP contribution < -0.4 is 5.32 Å². The van der Waals surface area contributed by atoms with Gasteiger partial charge >= 0.3 is 6.03 Å². The minimum absolute atomic E-state index is 0.183. The highest BCUT2D eigenvalue weighted by Gasteiger charge is 2.33. The topological polar surface area (TPSA) is 35.6 Å². The van der Waals surface area contributed by atoms with Crippen molar-refractivity contribution in [3.05, 3.63) is 0 Å². The molecular weight excluding hydrogens is 238 g/mol. The molecule has 0 spiro atoms. The van der Waals surface area contributed by atoms with E-state index in [1.54, 1.807) is 0 Å². The first kappa shape index (κ1) is 13.2. The molecule has 3 aliphatic rings. The lowest BCUT2D eigenvalue weighted by atomic mass is 9.97. The number of carbonyl (C=O) groups excluding carboxylic acids is 1. The Kier molecular flexibility index (Phi) is 3.96. The molecule has 0 bridgehead atoms. The summed E-state index contributed by atoms with van der Waals surface area (Å²) in [5.41, 5.74) is 0. The summed E-state index contributed by atoms with van der Waals surface area (Å²) < 4.78 is 0. The van der Waals surface area contributed by atoms with E-state index in [1.807, 2.05) is 4.90 Å². The minimum Gasteiger partial charge on any atom is -0.335 e. The Balaban J connectivity index is 1.49. The van der Waals surface area contributed by atoms with Crippen LogP contribution in [0.4, 0.5) is 4.79 Å². The molecule has 3 rings (SSSR count). The van der Waals surface area contributed by atoms with Crippen LogP contribution in [0.2, 0.25) is 0 Å². The Morgan fingerprint density at radius 1 is 1.11 bits per heavy atom. The van der Waals surface area contributed by atoms with Gasteiger partial charge in [0, 0.05) is 31.7 Å². The van der Waals surface area contributed by atoms with Crippen molar-refractivity contribution in [2.75, 3.05) is 26.2 Å². The van der Waals surface area contributed by atoms with Crippen molar-refractivity contribution < 1.29 is 4.79 Å². The van der Waals surface area contributed by atoms with Crippen LogP contribution in [0.15, 0.2) is 0 Å². The van der Waals surface area contributed by atoms with Crippen LogP contribution in [0.5, 0.6) is 0 Å². The third-order valence-corrected chi connectivity index (χ3v) is 5.09. The smallest absolute Gasteiger partial charge is 0.317 e. The summed E-state index contributed by atoms with van der Waals surface area (Å²) in [6.45, 7) is 6.57. The zero-order valence-electron chi connectivity index (χ0n) is 12.1. The highest BCUT2D eigenvalue weighted by Crippen LogP contribution is 2.27. The number of rotatable bonds is 1. The van der Waals surface area contributed by atoms with E-state index in [4.69, 9.17) is 0 Å². The molecule has 4 nitrogen and oxygen atoms in total. The van der Waals surface area contributed by atoms with E-state index in [0.717, 1.165) is 38.4 Å². The molecule has 1 N–H and O–H groups in total. The van der Waals surface area contributed by atoms with Gasteiger partial charge in [0.25, 0.3) is 0 Å². The van der Waals surface area contributed by atoms with Crippen molar-refractivity contribution in [1.82, 2.24) is 15.1 Å². The monoisotopic (exact) mass is 265 g/mol. The van der Waals surface area contributed by atoms with Crippen molar-refractivity contribution >= 4 is 6.03 Å². The molecule has 0 saturated carbocycles. The average Bonchev–Trinajstić information content (AvgIpc) is 2.86. The van der Waals surface area contributed by atoms with Crippen molar-refractivity contribution in [1.29, 1.82) is 0 Å². The number of hydrogen-bond donors (Lipinski definition) is 1. The zero-order chi connectivity index (χ0) is 13.2. The minimum atomic E-state index is 0.183. The maximum absolute atomic E-state index is 12.3. The van der Waals surface area contributed by atoms with Crippen molar-refractivity contribution in [2.24, 2.45) is 5.92 Å². The predicted octanol–water partition coefficient (Wildman–Crippen LogP) is 2.05. The maximum atomic E-state index is 12.3. The van der Waals surface area contributed by atoms with Crippen molar-refractivity contribution in [3.63, 3.8) is 0 Å². The van der Waals surface area contributed by atoms with Gasteiger partial charge in [-0.2, -0.15) is 0 Å². The van der Waals surface area contributed by atoms with Gasteiger partial charge in [0.1, 0.15) is 0 Å². The quantitative estimate of drug-likeness (QED) is 0.787. The van der Waals surface area contributed by atoms with E-state index in [1.165, 1.54) is 32.4 Å². The normalized spacial score (nSPS) is 36.1. The summed E-state index contributed by atoms with van der Waals surface area (Å²) in [4.78, 5) is 16.9. The van der Waals surface area contributed by atoms with Gasteiger partial charge < -0.3 is 15.1 Å². The molecule has 3 heterocycles. The fraction of sp³-hybridized carbons (Fsp3) is 0.933. The van der Waals surface area contributed by atoms with Crippen LogP contribution >= 0.6 is 0 Å². The molecule has 2 amide bonds. The number of likely N-dealkylation sites (tertiary alicyclic amines) is 1. The van der Waals surface area contributed by atoms with Gasteiger partial charge in [0.2, 0.25) is 0 Å². The molecule has 4 heteroatoms. The third kappa shape index (κ3) is 3.04. The van der Waals surface area contributed by atoms with E-state index in [0.29, 0.717) is 12.0 Å². The molecule has 0 aromatic heterocycles. The molecule has 3 saturated heterocycles. The second kappa shape index (κ2) is 5.70. The lowest BCUT2D eigenvalue weighted by molar-refractivity contribution is 0.143. The molecule has 0 aliphatic carbocycles. The molecular formula is C15H27N3O. The van der Waals surface area contributed by atoms with Gasteiger partial charge in [-0.1, -0.05) is 6.92 Å². The van der Waals surface area contributed by atoms with E-state index in [-0.39, 0.29) is 6.03 Å². The maximum Gasteiger partial charge on any atom is 0.317 e. The van der Waals surface area contributed by atoms with Crippen LogP contribution in [-0.2, 0) is 0 Å². The molecule has 3 unspecified atom stereocenters. The van der Waals surface area contributed by atoms with Crippen LogP contribution in [0.3, 0.4) is 0 Å². The van der Waals surface area contributed by atoms with Crippen molar-refractivity contribution in [3.8, 4) is 0 Å². The highest BCUT2D eigenvalue weighted by atomic mass is 16.2. The first-order valence-electron chi connectivity index (χ1n) is 8.02. The summed E-state index contributed by atoms with van der Waals surface area (Å²) in [5, 5.41) is 3.28. The lowest BCUT2D eigenvalue weighted by Gasteiger charge is -2.37. The predicted molar refractivity (Wildman–Crippen MR) is 76.1 cm³/mol. The molecule has 0 aromatic rings. The van der Waals surface area contributed by atoms with Crippen LogP contribution in [0.25, 0.3) is 0 Å². The van der Waals surface area contributed by atoms with Gasteiger partial charge in [-0.15, -0.1) is 0 Å². The van der Waals surface area contributed by atoms with Gasteiger partial charge in [-0.3, -0.25) is 0 Å². The Morgan fingerprint density at radius 2 is 1.95 bits per heavy atom. The molecule has 0 radical (unpaired) electrons. The number of fused-ring (bicyclic) bond motifs is 1. The van der Waals surface area contributed by atoms with Crippen LogP contribution in [-0.4, -0.2) is 54.1 Å². The van der Waals surface area contributed by atoms with E-state index < -0.39 is 0 Å². The fourth-order valence-corrected chi connectivity index (χ4v) is 4.00. The number of urea groups is 1. The first-order valence-corrected chi connectivity index (χ1v) is 8.02. The van der Waals surface area contributed by atoms with Crippen molar-refractivity contribution in [2.45, 2.75) is 57.5 Å². The molecule has 3 aliphatic heterocycles. The number of nitrogens with zero attached hydrogens (tertiary/aromatic N) is 2. The van der Waals surface area contributed by atoms with E-state index in [9.17, 15) is 4.79 Å². The van der Waals surface area contributed by atoms with Crippen LogP contribution in [0, 0.1) is 5.92 Å². The fourth-order valence-electron chi connectivity index (χ4n) is 4.00. The molecule has 108 valence electrons. The largest absolute Gasteiger partial charge is 0.335 e. The summed E-state index contributed by atoms with van der Waals surface area (Å²) in [5.74, 6) is 0.663. The Bertz CT molecular complexity index is 333.